The van der Waals surface area contributed by atoms with E-state index in [4.69, 9.17) is 9.47 Å². The number of allylic oxidation sites excluding steroid dienone is 1. The van der Waals surface area contributed by atoms with Crippen molar-refractivity contribution >= 4 is 28.6 Å². The first-order chi connectivity index (χ1) is 15.9. The molecule has 170 valence electrons. The van der Waals surface area contributed by atoms with Crippen molar-refractivity contribution in [2.45, 2.75) is 13.8 Å². The van der Waals surface area contributed by atoms with E-state index in [1.807, 2.05) is 56.3 Å². The molecule has 0 spiro atoms. The van der Waals surface area contributed by atoms with Gasteiger partial charge in [0.15, 0.2) is 5.75 Å². The molecule has 6 heteroatoms. The first-order valence-corrected chi connectivity index (χ1v) is 10.6. The number of nitrogens with one attached hydrogen (secondary N) is 1. The Balaban J connectivity index is 1.96. The van der Waals surface area contributed by atoms with E-state index in [-0.39, 0.29) is 23.8 Å². The van der Waals surface area contributed by atoms with Gasteiger partial charge >= 0.3 is 0 Å². The van der Waals surface area contributed by atoms with E-state index in [0.717, 1.165) is 11.1 Å². The summed E-state index contributed by atoms with van der Waals surface area (Å²) < 4.78 is 13.1. The number of nitrogens with zero attached hydrogens (tertiary/aromatic N) is 1. The monoisotopic (exact) mass is 444 g/mol. The SMILES string of the molecule is C=CCOc1c(OCC=C(C)C)c2ccc(NC(=O)/C=C/c3ccccc3)cc2n(C)c1=O. The maximum Gasteiger partial charge on any atom is 0.297 e. The smallest absolute Gasteiger partial charge is 0.297 e. The number of aromatic nitrogens is 1. The average Bonchev–Trinajstić information content (AvgIpc) is 2.81. The highest BCUT2D eigenvalue weighted by Gasteiger charge is 2.18. The van der Waals surface area contributed by atoms with Gasteiger partial charge in [-0.2, -0.15) is 0 Å². The predicted molar refractivity (Wildman–Crippen MR) is 134 cm³/mol. The fraction of sp³-hybridized carbons (Fsp3) is 0.185. The van der Waals surface area contributed by atoms with Crippen LogP contribution in [0.1, 0.15) is 19.4 Å². The van der Waals surface area contributed by atoms with Gasteiger partial charge in [-0.25, -0.2) is 0 Å². The maximum atomic E-state index is 13.0. The van der Waals surface area contributed by atoms with Crippen LogP contribution >= 0.6 is 0 Å². The summed E-state index contributed by atoms with van der Waals surface area (Å²) in [5.41, 5.74) is 2.88. The van der Waals surface area contributed by atoms with Crippen LogP contribution in [0.5, 0.6) is 11.5 Å². The number of hydrogen-bond acceptors (Lipinski definition) is 4. The maximum absolute atomic E-state index is 13.0. The zero-order chi connectivity index (χ0) is 23.8. The summed E-state index contributed by atoms with van der Waals surface area (Å²) in [5, 5.41) is 3.55. The van der Waals surface area contributed by atoms with Crippen molar-refractivity contribution in [1.29, 1.82) is 0 Å². The average molecular weight is 445 g/mol. The molecule has 0 aliphatic carbocycles. The van der Waals surface area contributed by atoms with Gasteiger partial charge in [-0.15, -0.1) is 0 Å². The fourth-order valence-corrected chi connectivity index (χ4v) is 3.18. The van der Waals surface area contributed by atoms with E-state index in [1.54, 1.807) is 31.3 Å². The second kappa shape index (κ2) is 11.0. The van der Waals surface area contributed by atoms with Crippen LogP contribution in [-0.2, 0) is 11.8 Å². The molecule has 0 unspecified atom stereocenters. The minimum Gasteiger partial charge on any atom is -0.485 e. The third-order valence-corrected chi connectivity index (χ3v) is 4.87. The summed E-state index contributed by atoms with van der Waals surface area (Å²) >= 11 is 0. The van der Waals surface area contributed by atoms with Crippen molar-refractivity contribution in [2.24, 2.45) is 7.05 Å². The van der Waals surface area contributed by atoms with Gasteiger partial charge in [0.05, 0.1) is 5.52 Å². The van der Waals surface area contributed by atoms with Gasteiger partial charge in [0.25, 0.3) is 5.56 Å². The van der Waals surface area contributed by atoms with Crippen LogP contribution in [-0.4, -0.2) is 23.7 Å². The number of hydrogen-bond donors (Lipinski definition) is 1. The number of carbonyl (C=O) groups excluding carboxylic acids is 1. The van der Waals surface area contributed by atoms with Gasteiger partial charge in [0.2, 0.25) is 11.7 Å². The molecule has 0 radical (unpaired) electrons. The largest absolute Gasteiger partial charge is 0.485 e. The Morgan fingerprint density at radius 2 is 1.79 bits per heavy atom. The lowest BCUT2D eigenvalue weighted by molar-refractivity contribution is -0.111. The fourth-order valence-electron chi connectivity index (χ4n) is 3.18. The number of amides is 1. The van der Waals surface area contributed by atoms with Gasteiger partial charge in [-0.3, -0.25) is 9.59 Å². The molecule has 0 aliphatic heterocycles. The Kier molecular flexibility index (Phi) is 7.86. The van der Waals surface area contributed by atoms with E-state index >= 15 is 0 Å². The van der Waals surface area contributed by atoms with Crippen LogP contribution in [0.3, 0.4) is 0 Å². The summed E-state index contributed by atoms with van der Waals surface area (Å²) in [6.07, 6.45) is 6.71. The molecule has 0 bridgehead atoms. The molecule has 0 atom stereocenters. The standard InChI is InChI=1S/C27H28N2O4/c1-5-16-32-26-25(33-17-15-19(2)3)22-13-12-21(18-23(22)29(4)27(26)31)28-24(30)14-11-20-9-7-6-8-10-20/h5-15,18H,1,16-17H2,2-4H3,(H,28,30)/b14-11+. The molecular formula is C27H28N2O4. The summed E-state index contributed by atoms with van der Waals surface area (Å²) in [6, 6.07) is 14.9. The molecule has 0 fully saturated rings. The molecule has 0 saturated heterocycles. The number of ether oxygens (including phenoxy) is 2. The van der Waals surface area contributed by atoms with Crippen molar-refractivity contribution in [2.75, 3.05) is 18.5 Å². The van der Waals surface area contributed by atoms with Crippen LogP contribution < -0.4 is 20.3 Å². The third-order valence-electron chi connectivity index (χ3n) is 4.87. The molecule has 33 heavy (non-hydrogen) atoms. The minimum atomic E-state index is -0.330. The van der Waals surface area contributed by atoms with Crippen molar-refractivity contribution in [3.8, 4) is 11.5 Å². The lowest BCUT2D eigenvalue weighted by Gasteiger charge is -2.16. The second-order valence-corrected chi connectivity index (χ2v) is 7.68. The quantitative estimate of drug-likeness (QED) is 0.368. The molecule has 3 aromatic rings. The number of carbonyl (C=O) groups is 1. The first kappa shape index (κ1) is 23.6. The number of benzene rings is 2. The Hall–Kier alpha value is -4.06. The van der Waals surface area contributed by atoms with Crippen molar-refractivity contribution in [3.63, 3.8) is 0 Å². The van der Waals surface area contributed by atoms with E-state index in [0.29, 0.717) is 28.9 Å². The van der Waals surface area contributed by atoms with Gasteiger partial charge in [-0.1, -0.05) is 48.6 Å². The van der Waals surface area contributed by atoms with Gasteiger partial charge < -0.3 is 19.4 Å². The minimum absolute atomic E-state index is 0.134. The molecular weight excluding hydrogens is 416 g/mol. The van der Waals surface area contributed by atoms with Crippen molar-refractivity contribution in [1.82, 2.24) is 4.57 Å². The summed E-state index contributed by atoms with van der Waals surface area (Å²) in [5.74, 6) is 0.234. The Bertz CT molecular complexity index is 1270. The first-order valence-electron chi connectivity index (χ1n) is 10.6. The molecule has 3 rings (SSSR count). The van der Waals surface area contributed by atoms with Gasteiger partial charge in [0.1, 0.15) is 13.2 Å². The highest BCUT2D eigenvalue weighted by atomic mass is 16.5. The van der Waals surface area contributed by atoms with Crippen LogP contribution in [0.25, 0.3) is 17.0 Å². The lowest BCUT2D eigenvalue weighted by atomic mass is 10.1. The summed E-state index contributed by atoms with van der Waals surface area (Å²) in [4.78, 5) is 25.4. The highest BCUT2D eigenvalue weighted by Crippen LogP contribution is 2.34. The molecule has 1 heterocycles. The number of rotatable bonds is 9. The summed E-state index contributed by atoms with van der Waals surface area (Å²) in [6.45, 7) is 8.08. The van der Waals surface area contributed by atoms with E-state index in [9.17, 15) is 9.59 Å². The zero-order valence-electron chi connectivity index (χ0n) is 19.1. The molecule has 2 aromatic carbocycles. The summed E-state index contributed by atoms with van der Waals surface area (Å²) in [7, 11) is 1.66. The Morgan fingerprint density at radius 3 is 2.48 bits per heavy atom. The number of fused-ring (bicyclic) bond motifs is 1. The highest BCUT2D eigenvalue weighted by molar-refractivity contribution is 6.03. The normalized spacial score (nSPS) is 10.8. The van der Waals surface area contributed by atoms with Crippen LogP contribution in [0, 0.1) is 0 Å². The second-order valence-electron chi connectivity index (χ2n) is 7.68. The van der Waals surface area contributed by atoms with Crippen LogP contribution in [0.2, 0.25) is 0 Å². The molecule has 1 amide bonds. The number of anilines is 1. The van der Waals surface area contributed by atoms with Crippen LogP contribution in [0.15, 0.2) is 83.7 Å². The third kappa shape index (κ3) is 6.01. The van der Waals surface area contributed by atoms with E-state index in [2.05, 4.69) is 11.9 Å². The Labute approximate surface area is 193 Å². The molecule has 0 aliphatic rings. The van der Waals surface area contributed by atoms with E-state index in [1.165, 1.54) is 10.6 Å². The Morgan fingerprint density at radius 1 is 1.06 bits per heavy atom. The lowest BCUT2D eigenvalue weighted by Crippen LogP contribution is -2.21. The molecule has 6 nitrogen and oxygen atoms in total. The molecule has 0 saturated carbocycles. The molecule has 1 N–H and O–H groups in total. The van der Waals surface area contributed by atoms with Crippen LogP contribution in [0.4, 0.5) is 5.69 Å². The zero-order valence-corrected chi connectivity index (χ0v) is 19.1. The van der Waals surface area contributed by atoms with E-state index < -0.39 is 0 Å². The van der Waals surface area contributed by atoms with Crippen molar-refractivity contribution in [3.05, 3.63) is 94.8 Å². The predicted octanol–water partition coefficient (Wildman–Crippen LogP) is 5.10. The van der Waals surface area contributed by atoms with Gasteiger partial charge in [0, 0.05) is 24.2 Å². The van der Waals surface area contributed by atoms with Gasteiger partial charge in [-0.05, 0) is 49.8 Å². The molecule has 1 aromatic heterocycles. The number of pyridine rings is 1. The topological polar surface area (TPSA) is 69.6 Å². The number of aryl methyl sites for hydroxylation is 1. The van der Waals surface area contributed by atoms with Crippen molar-refractivity contribution < 1.29 is 14.3 Å².